The number of carbonyl (C=O) groups excluding carboxylic acids is 2. The smallest absolute Gasteiger partial charge is 0.341 e. The molecule has 1 amide bonds. The molecule has 1 fully saturated rings. The molecule has 0 aromatic heterocycles. The number of nitrogens with zero attached hydrogens (tertiary/aromatic N) is 1. The van der Waals surface area contributed by atoms with Crippen LogP contribution < -0.4 is 9.47 Å². The molecule has 0 spiro atoms. The predicted molar refractivity (Wildman–Crippen MR) is 100 cm³/mol. The third kappa shape index (κ3) is 4.35. The van der Waals surface area contributed by atoms with Gasteiger partial charge in [-0.05, 0) is 23.6 Å². The highest BCUT2D eigenvalue weighted by atomic mass is 35.5. The lowest BCUT2D eigenvalue weighted by Crippen LogP contribution is -2.42. The van der Waals surface area contributed by atoms with Gasteiger partial charge in [0.05, 0.1) is 18.2 Å². The number of hydrogen-bond donors (Lipinski definition) is 1. The maximum absolute atomic E-state index is 12.2. The predicted octanol–water partition coefficient (Wildman–Crippen LogP) is 2.35. The zero-order chi connectivity index (χ0) is 20.3. The summed E-state index contributed by atoms with van der Waals surface area (Å²) in [6.07, 6.45) is 0. The van der Waals surface area contributed by atoms with E-state index in [2.05, 4.69) is 0 Å². The van der Waals surface area contributed by atoms with E-state index in [1.54, 1.807) is 23.1 Å². The van der Waals surface area contributed by atoms with Crippen molar-refractivity contribution in [3.8, 4) is 11.5 Å². The second kappa shape index (κ2) is 8.45. The van der Waals surface area contributed by atoms with Crippen LogP contribution in [0.3, 0.4) is 0 Å². The standard InChI is InChI=1S/C19H18ClNO7/c1-11(22)28-15-8-12-2-3-13(9-14(12)18(20)17(15)19(24)25)27-10-16(23)21-4-6-26-7-5-21/h2-3,8-9H,4-7,10H2,1H3,(H,24,25). The summed E-state index contributed by atoms with van der Waals surface area (Å²) in [6.45, 7) is 3.06. The van der Waals surface area contributed by atoms with Crippen LogP contribution in [0.5, 0.6) is 11.5 Å². The Morgan fingerprint density at radius 3 is 2.57 bits per heavy atom. The van der Waals surface area contributed by atoms with Crippen LogP contribution in [0.25, 0.3) is 10.8 Å². The highest BCUT2D eigenvalue weighted by Crippen LogP contribution is 2.36. The van der Waals surface area contributed by atoms with E-state index in [1.807, 2.05) is 0 Å². The second-order valence-corrected chi connectivity index (χ2v) is 6.51. The number of esters is 1. The quantitative estimate of drug-likeness (QED) is 0.599. The van der Waals surface area contributed by atoms with Crippen LogP contribution in [0.1, 0.15) is 17.3 Å². The van der Waals surface area contributed by atoms with Gasteiger partial charge >= 0.3 is 11.9 Å². The topological polar surface area (TPSA) is 102 Å². The number of benzene rings is 2. The van der Waals surface area contributed by atoms with Gasteiger partial charge in [0, 0.05) is 25.4 Å². The Hall–Kier alpha value is -2.84. The molecule has 3 rings (SSSR count). The van der Waals surface area contributed by atoms with Gasteiger partial charge in [-0.3, -0.25) is 9.59 Å². The number of rotatable bonds is 5. The van der Waals surface area contributed by atoms with Crippen molar-refractivity contribution >= 4 is 40.2 Å². The van der Waals surface area contributed by atoms with Crippen molar-refractivity contribution in [1.29, 1.82) is 0 Å². The van der Waals surface area contributed by atoms with Crippen LogP contribution in [0, 0.1) is 0 Å². The number of carbonyl (C=O) groups is 3. The second-order valence-electron chi connectivity index (χ2n) is 6.13. The molecule has 0 atom stereocenters. The Kier molecular flexibility index (Phi) is 6.01. The normalized spacial score (nSPS) is 14.0. The Morgan fingerprint density at radius 2 is 1.93 bits per heavy atom. The van der Waals surface area contributed by atoms with Gasteiger partial charge in [0.15, 0.2) is 6.61 Å². The Bertz CT molecular complexity index is 938. The molecule has 1 N–H and O–H groups in total. The summed E-state index contributed by atoms with van der Waals surface area (Å²) in [5.41, 5.74) is -0.314. The Morgan fingerprint density at radius 1 is 1.21 bits per heavy atom. The van der Waals surface area contributed by atoms with Crippen LogP contribution in [-0.4, -0.2) is 60.8 Å². The van der Waals surface area contributed by atoms with Crippen LogP contribution in [0.15, 0.2) is 24.3 Å². The summed E-state index contributed by atoms with van der Waals surface area (Å²) >= 11 is 6.26. The van der Waals surface area contributed by atoms with E-state index in [0.29, 0.717) is 42.8 Å². The molecular weight excluding hydrogens is 390 g/mol. The number of carboxylic acid groups (broad SMARTS) is 1. The van der Waals surface area contributed by atoms with Crippen molar-refractivity contribution in [2.45, 2.75) is 6.92 Å². The van der Waals surface area contributed by atoms with E-state index < -0.39 is 11.9 Å². The van der Waals surface area contributed by atoms with Gasteiger partial charge in [0.25, 0.3) is 5.91 Å². The number of fused-ring (bicyclic) bond motifs is 1. The van der Waals surface area contributed by atoms with E-state index in [4.69, 9.17) is 25.8 Å². The fourth-order valence-electron chi connectivity index (χ4n) is 2.88. The first kappa shape index (κ1) is 19.9. The van der Waals surface area contributed by atoms with Gasteiger partial charge < -0.3 is 24.2 Å². The van der Waals surface area contributed by atoms with Crippen LogP contribution in [-0.2, 0) is 14.3 Å². The molecule has 28 heavy (non-hydrogen) atoms. The van der Waals surface area contributed by atoms with Gasteiger partial charge in [-0.1, -0.05) is 17.7 Å². The molecule has 1 aliphatic rings. The van der Waals surface area contributed by atoms with Crippen LogP contribution >= 0.6 is 11.6 Å². The molecular formula is C19H18ClNO7. The summed E-state index contributed by atoms with van der Waals surface area (Å²) < 4.78 is 15.7. The number of morpholine rings is 1. The number of aromatic carboxylic acids is 1. The molecule has 0 bridgehead atoms. The summed E-state index contributed by atoms with van der Waals surface area (Å²) in [7, 11) is 0. The van der Waals surface area contributed by atoms with Gasteiger partial charge in [-0.2, -0.15) is 0 Å². The summed E-state index contributed by atoms with van der Waals surface area (Å²) in [5, 5.41) is 10.3. The summed E-state index contributed by atoms with van der Waals surface area (Å²) in [6, 6.07) is 6.25. The molecule has 8 nitrogen and oxygen atoms in total. The van der Waals surface area contributed by atoms with E-state index in [1.165, 1.54) is 13.0 Å². The molecule has 0 radical (unpaired) electrons. The molecule has 1 aliphatic heterocycles. The van der Waals surface area contributed by atoms with E-state index in [9.17, 15) is 19.5 Å². The van der Waals surface area contributed by atoms with Crippen molar-refractivity contribution in [2.75, 3.05) is 32.9 Å². The number of halogens is 1. The summed E-state index contributed by atoms with van der Waals surface area (Å²) in [5.74, 6) is -1.90. The van der Waals surface area contributed by atoms with Crippen molar-refractivity contribution in [2.24, 2.45) is 0 Å². The Balaban J connectivity index is 1.86. The van der Waals surface area contributed by atoms with E-state index in [0.717, 1.165) is 0 Å². The van der Waals surface area contributed by atoms with Gasteiger partial charge in [-0.15, -0.1) is 0 Å². The third-order valence-electron chi connectivity index (χ3n) is 4.21. The highest BCUT2D eigenvalue weighted by Gasteiger charge is 2.21. The molecule has 148 valence electrons. The minimum atomic E-state index is -1.32. The number of ether oxygens (including phenoxy) is 3. The highest BCUT2D eigenvalue weighted by molar-refractivity contribution is 6.39. The fourth-order valence-corrected chi connectivity index (χ4v) is 3.22. The number of hydrogen-bond acceptors (Lipinski definition) is 6. The molecule has 2 aromatic carbocycles. The lowest BCUT2D eigenvalue weighted by molar-refractivity contribution is -0.137. The number of amides is 1. The minimum Gasteiger partial charge on any atom is -0.484 e. The lowest BCUT2D eigenvalue weighted by atomic mass is 10.0. The van der Waals surface area contributed by atoms with Gasteiger partial charge in [-0.25, -0.2) is 4.79 Å². The number of carboxylic acids is 1. The molecule has 9 heteroatoms. The van der Waals surface area contributed by atoms with Gasteiger partial charge in [0.1, 0.15) is 17.1 Å². The van der Waals surface area contributed by atoms with E-state index >= 15 is 0 Å². The maximum Gasteiger partial charge on any atom is 0.341 e. The van der Waals surface area contributed by atoms with Crippen molar-refractivity contribution < 1.29 is 33.7 Å². The first-order valence-corrected chi connectivity index (χ1v) is 8.91. The summed E-state index contributed by atoms with van der Waals surface area (Å²) in [4.78, 5) is 36.7. The minimum absolute atomic E-state index is 0.0776. The molecule has 2 aromatic rings. The maximum atomic E-state index is 12.2. The van der Waals surface area contributed by atoms with Crippen LogP contribution in [0.2, 0.25) is 5.02 Å². The first-order chi connectivity index (χ1) is 13.4. The molecule has 1 saturated heterocycles. The Labute approximate surface area is 165 Å². The average Bonchev–Trinajstić information content (AvgIpc) is 2.66. The zero-order valence-corrected chi connectivity index (χ0v) is 15.8. The van der Waals surface area contributed by atoms with Gasteiger partial charge in [0.2, 0.25) is 0 Å². The van der Waals surface area contributed by atoms with Crippen molar-refractivity contribution in [1.82, 2.24) is 4.90 Å². The SMILES string of the molecule is CC(=O)Oc1cc2ccc(OCC(=O)N3CCOCC3)cc2c(Cl)c1C(=O)O. The first-order valence-electron chi connectivity index (χ1n) is 8.53. The average molecular weight is 408 g/mol. The monoisotopic (exact) mass is 407 g/mol. The van der Waals surface area contributed by atoms with Crippen molar-refractivity contribution in [3.05, 3.63) is 34.9 Å². The molecule has 0 saturated carbocycles. The zero-order valence-electron chi connectivity index (χ0n) is 15.1. The molecule has 0 aliphatic carbocycles. The largest absolute Gasteiger partial charge is 0.484 e. The van der Waals surface area contributed by atoms with Crippen LogP contribution in [0.4, 0.5) is 0 Å². The van der Waals surface area contributed by atoms with E-state index in [-0.39, 0.29) is 28.8 Å². The fraction of sp³-hybridized carbons (Fsp3) is 0.316. The third-order valence-corrected chi connectivity index (χ3v) is 4.60. The molecule has 0 unspecified atom stereocenters. The lowest BCUT2D eigenvalue weighted by Gasteiger charge is -2.26. The van der Waals surface area contributed by atoms with Crippen molar-refractivity contribution in [3.63, 3.8) is 0 Å². The molecule has 1 heterocycles.